The molecule has 1 heterocycles. The molecule has 4 rings (SSSR count). The van der Waals surface area contributed by atoms with Gasteiger partial charge in [-0.2, -0.15) is 0 Å². The summed E-state index contributed by atoms with van der Waals surface area (Å²) < 4.78 is 0. The Kier molecular flexibility index (Phi) is 4.24. The number of fused-ring (bicyclic) bond motifs is 1. The third kappa shape index (κ3) is 3.28. The molecule has 2 aromatic carbocycles. The van der Waals surface area contributed by atoms with E-state index in [0.29, 0.717) is 11.6 Å². The van der Waals surface area contributed by atoms with Gasteiger partial charge in [-0.05, 0) is 36.5 Å². The van der Waals surface area contributed by atoms with Crippen molar-refractivity contribution in [2.75, 3.05) is 11.1 Å². The number of nitrogen functional groups attached to an aromatic ring is 1. The summed E-state index contributed by atoms with van der Waals surface area (Å²) in [7, 11) is 0. The molecule has 0 bridgehead atoms. The van der Waals surface area contributed by atoms with E-state index in [0.717, 1.165) is 42.3 Å². The number of anilines is 2. The van der Waals surface area contributed by atoms with Gasteiger partial charge in [-0.25, -0.2) is 9.97 Å². The van der Waals surface area contributed by atoms with Gasteiger partial charge in [-0.15, -0.1) is 0 Å². The molecule has 1 aliphatic carbocycles. The summed E-state index contributed by atoms with van der Waals surface area (Å²) in [6.45, 7) is 0. The normalized spacial score (nSPS) is 20.5. The molecule has 5 heteroatoms. The van der Waals surface area contributed by atoms with Gasteiger partial charge in [0.05, 0.1) is 18.0 Å². The van der Waals surface area contributed by atoms with Crippen molar-refractivity contribution in [3.63, 3.8) is 0 Å². The second-order valence-corrected chi connectivity index (χ2v) is 6.67. The average Bonchev–Trinajstić information content (AvgIpc) is 2.65. The molecular formula is C20H22N4O. The Hall–Kier alpha value is -2.66. The van der Waals surface area contributed by atoms with E-state index in [1.165, 1.54) is 5.39 Å². The van der Waals surface area contributed by atoms with E-state index < -0.39 is 0 Å². The van der Waals surface area contributed by atoms with Crippen LogP contribution in [0.4, 0.5) is 11.6 Å². The van der Waals surface area contributed by atoms with E-state index in [1.807, 2.05) is 18.2 Å². The summed E-state index contributed by atoms with van der Waals surface area (Å²) in [5.41, 5.74) is 7.90. The predicted octanol–water partition coefficient (Wildman–Crippen LogP) is 3.59. The van der Waals surface area contributed by atoms with E-state index in [-0.39, 0.29) is 12.1 Å². The molecule has 0 spiro atoms. The highest BCUT2D eigenvalue weighted by Crippen LogP contribution is 2.29. The molecule has 0 radical (unpaired) electrons. The van der Waals surface area contributed by atoms with Crippen molar-refractivity contribution >= 4 is 22.4 Å². The molecule has 25 heavy (non-hydrogen) atoms. The number of aliphatic hydroxyl groups excluding tert-OH is 1. The standard InChI is InChI=1S/C20H22N4O/c21-19-20(23-14-8-10-15(25)11-9-14)24-18(12-22-19)17-7-3-5-13-4-1-2-6-16(13)17/h1-7,12,14-15,25H,8-11H2,(H2,21,22)(H,23,24). The van der Waals surface area contributed by atoms with Crippen molar-refractivity contribution in [3.8, 4) is 11.3 Å². The quantitative estimate of drug-likeness (QED) is 0.681. The predicted molar refractivity (Wildman–Crippen MR) is 101 cm³/mol. The zero-order chi connectivity index (χ0) is 17.2. The Morgan fingerprint density at radius 2 is 1.76 bits per heavy atom. The Labute approximate surface area is 146 Å². The number of nitrogens with zero attached hydrogens (tertiary/aromatic N) is 2. The Bertz CT molecular complexity index is 883. The van der Waals surface area contributed by atoms with Crippen LogP contribution in [0, 0.1) is 0 Å². The van der Waals surface area contributed by atoms with E-state index in [4.69, 9.17) is 10.7 Å². The van der Waals surface area contributed by atoms with Crippen LogP contribution in [-0.4, -0.2) is 27.2 Å². The molecule has 128 valence electrons. The van der Waals surface area contributed by atoms with Gasteiger partial charge in [0.15, 0.2) is 11.6 Å². The van der Waals surface area contributed by atoms with Crippen LogP contribution in [0.3, 0.4) is 0 Å². The third-order valence-corrected chi connectivity index (χ3v) is 4.90. The van der Waals surface area contributed by atoms with Crippen molar-refractivity contribution in [1.82, 2.24) is 9.97 Å². The maximum Gasteiger partial charge on any atom is 0.169 e. The highest BCUT2D eigenvalue weighted by atomic mass is 16.3. The zero-order valence-corrected chi connectivity index (χ0v) is 14.0. The SMILES string of the molecule is Nc1ncc(-c2cccc3ccccc23)nc1NC1CCC(O)CC1. The van der Waals surface area contributed by atoms with Crippen LogP contribution < -0.4 is 11.1 Å². The van der Waals surface area contributed by atoms with Gasteiger partial charge in [0.2, 0.25) is 0 Å². The van der Waals surface area contributed by atoms with Crippen LogP contribution in [0.1, 0.15) is 25.7 Å². The second-order valence-electron chi connectivity index (χ2n) is 6.67. The fourth-order valence-electron chi connectivity index (χ4n) is 3.50. The molecular weight excluding hydrogens is 312 g/mol. The first-order valence-corrected chi connectivity index (χ1v) is 8.76. The van der Waals surface area contributed by atoms with E-state index >= 15 is 0 Å². The minimum atomic E-state index is -0.177. The highest BCUT2D eigenvalue weighted by Gasteiger charge is 2.20. The van der Waals surface area contributed by atoms with Crippen LogP contribution in [0.5, 0.6) is 0 Å². The van der Waals surface area contributed by atoms with Gasteiger partial charge >= 0.3 is 0 Å². The maximum absolute atomic E-state index is 9.66. The van der Waals surface area contributed by atoms with E-state index in [9.17, 15) is 5.11 Å². The number of hydrogen-bond acceptors (Lipinski definition) is 5. The van der Waals surface area contributed by atoms with Gasteiger partial charge in [-0.3, -0.25) is 0 Å². The minimum Gasteiger partial charge on any atom is -0.393 e. The van der Waals surface area contributed by atoms with Crippen molar-refractivity contribution < 1.29 is 5.11 Å². The lowest BCUT2D eigenvalue weighted by atomic mass is 9.93. The summed E-state index contributed by atoms with van der Waals surface area (Å²) in [5, 5.41) is 15.4. The van der Waals surface area contributed by atoms with E-state index in [2.05, 4.69) is 34.6 Å². The molecule has 0 aliphatic heterocycles. The van der Waals surface area contributed by atoms with Crippen LogP contribution in [0.15, 0.2) is 48.7 Å². The maximum atomic E-state index is 9.66. The Morgan fingerprint density at radius 3 is 2.60 bits per heavy atom. The van der Waals surface area contributed by atoms with E-state index in [1.54, 1.807) is 6.20 Å². The summed E-state index contributed by atoms with van der Waals surface area (Å²) in [5.74, 6) is 1.04. The molecule has 5 nitrogen and oxygen atoms in total. The first-order valence-electron chi connectivity index (χ1n) is 8.76. The van der Waals surface area contributed by atoms with Crippen molar-refractivity contribution in [2.24, 2.45) is 0 Å². The number of rotatable bonds is 3. The topological polar surface area (TPSA) is 84.1 Å². The van der Waals surface area contributed by atoms with Gasteiger partial charge in [-0.1, -0.05) is 42.5 Å². The number of hydrogen-bond donors (Lipinski definition) is 3. The fraction of sp³-hybridized carbons (Fsp3) is 0.300. The van der Waals surface area contributed by atoms with Gasteiger partial charge < -0.3 is 16.2 Å². The summed E-state index contributed by atoms with van der Waals surface area (Å²) >= 11 is 0. The number of aromatic nitrogens is 2. The Morgan fingerprint density at radius 1 is 1.00 bits per heavy atom. The molecule has 1 aromatic heterocycles. The fourth-order valence-corrected chi connectivity index (χ4v) is 3.50. The first-order chi connectivity index (χ1) is 12.2. The van der Waals surface area contributed by atoms with Crippen LogP contribution >= 0.6 is 0 Å². The van der Waals surface area contributed by atoms with Crippen LogP contribution in [0.2, 0.25) is 0 Å². The third-order valence-electron chi connectivity index (χ3n) is 4.90. The summed E-state index contributed by atoms with van der Waals surface area (Å²) in [6, 6.07) is 14.7. The van der Waals surface area contributed by atoms with Crippen molar-refractivity contribution in [3.05, 3.63) is 48.7 Å². The second kappa shape index (κ2) is 6.69. The lowest BCUT2D eigenvalue weighted by Crippen LogP contribution is -2.29. The lowest BCUT2D eigenvalue weighted by Gasteiger charge is -2.27. The molecule has 3 aromatic rings. The molecule has 4 N–H and O–H groups in total. The lowest BCUT2D eigenvalue weighted by molar-refractivity contribution is 0.126. The van der Waals surface area contributed by atoms with Gasteiger partial charge in [0.1, 0.15) is 0 Å². The number of benzene rings is 2. The Balaban J connectivity index is 1.67. The largest absolute Gasteiger partial charge is 0.393 e. The molecule has 1 aliphatic rings. The smallest absolute Gasteiger partial charge is 0.169 e. The van der Waals surface area contributed by atoms with Crippen molar-refractivity contribution in [1.29, 1.82) is 0 Å². The molecule has 0 atom stereocenters. The monoisotopic (exact) mass is 334 g/mol. The zero-order valence-electron chi connectivity index (χ0n) is 14.0. The summed E-state index contributed by atoms with van der Waals surface area (Å²) in [4.78, 5) is 9.09. The van der Waals surface area contributed by atoms with Crippen molar-refractivity contribution in [2.45, 2.75) is 37.8 Å². The average molecular weight is 334 g/mol. The van der Waals surface area contributed by atoms with Crippen LogP contribution in [-0.2, 0) is 0 Å². The molecule has 0 amide bonds. The molecule has 1 saturated carbocycles. The number of nitrogens with two attached hydrogens (primary N) is 1. The molecule has 0 saturated heterocycles. The number of nitrogens with one attached hydrogen (secondary N) is 1. The minimum absolute atomic E-state index is 0.177. The number of aliphatic hydroxyl groups is 1. The van der Waals surface area contributed by atoms with Crippen LogP contribution in [0.25, 0.3) is 22.0 Å². The summed E-state index contributed by atoms with van der Waals surface area (Å²) in [6.07, 6.45) is 5.01. The highest BCUT2D eigenvalue weighted by molar-refractivity contribution is 5.95. The van der Waals surface area contributed by atoms with Gasteiger partial charge in [0.25, 0.3) is 0 Å². The first kappa shape index (κ1) is 15.8. The van der Waals surface area contributed by atoms with Gasteiger partial charge in [0, 0.05) is 11.6 Å². The molecule has 1 fully saturated rings. The molecule has 0 unspecified atom stereocenters.